The molecule has 1 amide bonds. The normalized spacial score (nSPS) is 19.4. The van der Waals surface area contributed by atoms with Crippen molar-refractivity contribution in [3.8, 4) is 0 Å². The summed E-state index contributed by atoms with van der Waals surface area (Å²) in [7, 11) is 0. The van der Waals surface area contributed by atoms with E-state index in [2.05, 4.69) is 5.32 Å². The lowest BCUT2D eigenvalue weighted by atomic mass is 9.96. The first kappa shape index (κ1) is 11.5. The lowest BCUT2D eigenvalue weighted by molar-refractivity contribution is -0.123. The average molecular weight is 200 g/mol. The lowest BCUT2D eigenvalue weighted by Crippen LogP contribution is -2.48. The smallest absolute Gasteiger partial charge is 0.236 e. The van der Waals surface area contributed by atoms with Gasteiger partial charge in [0.2, 0.25) is 5.91 Å². The largest absolute Gasteiger partial charge is 0.376 e. The highest BCUT2D eigenvalue weighted by molar-refractivity contribution is 5.80. The Bertz CT molecular complexity index is 191. The van der Waals surface area contributed by atoms with Crippen molar-refractivity contribution in [1.82, 2.24) is 5.32 Å². The minimum atomic E-state index is -0.351. The number of rotatable bonds is 6. The standard InChI is InChI=1S/C10H20N2O2/c1-7(2)12-9(10(11)13)6-14-8-4-3-5-8/h7-9,12H,3-6H2,1-2H3,(H2,11,13). The molecule has 0 aromatic heterocycles. The van der Waals surface area contributed by atoms with Gasteiger partial charge < -0.3 is 15.8 Å². The molecule has 4 heteroatoms. The Labute approximate surface area is 85.2 Å². The van der Waals surface area contributed by atoms with E-state index < -0.39 is 0 Å². The molecule has 0 spiro atoms. The van der Waals surface area contributed by atoms with E-state index in [0.29, 0.717) is 12.7 Å². The van der Waals surface area contributed by atoms with Gasteiger partial charge in [0.15, 0.2) is 0 Å². The van der Waals surface area contributed by atoms with E-state index in [0.717, 1.165) is 12.8 Å². The van der Waals surface area contributed by atoms with Crippen LogP contribution in [0.15, 0.2) is 0 Å². The fourth-order valence-electron chi connectivity index (χ4n) is 1.38. The van der Waals surface area contributed by atoms with Crippen LogP contribution in [0, 0.1) is 0 Å². The van der Waals surface area contributed by atoms with Crippen LogP contribution in [-0.2, 0) is 9.53 Å². The fourth-order valence-corrected chi connectivity index (χ4v) is 1.38. The van der Waals surface area contributed by atoms with Crippen molar-refractivity contribution in [3.05, 3.63) is 0 Å². The van der Waals surface area contributed by atoms with Crippen molar-refractivity contribution in [3.63, 3.8) is 0 Å². The van der Waals surface area contributed by atoms with Gasteiger partial charge in [0.1, 0.15) is 6.04 Å². The number of carbonyl (C=O) groups excluding carboxylic acids is 1. The summed E-state index contributed by atoms with van der Waals surface area (Å²) in [5, 5.41) is 3.08. The van der Waals surface area contributed by atoms with E-state index in [-0.39, 0.29) is 18.0 Å². The van der Waals surface area contributed by atoms with E-state index in [1.54, 1.807) is 0 Å². The molecule has 1 atom stereocenters. The Morgan fingerprint density at radius 3 is 2.57 bits per heavy atom. The van der Waals surface area contributed by atoms with Crippen molar-refractivity contribution >= 4 is 5.91 Å². The van der Waals surface area contributed by atoms with Crippen LogP contribution in [0.4, 0.5) is 0 Å². The van der Waals surface area contributed by atoms with Gasteiger partial charge in [-0.3, -0.25) is 4.79 Å². The zero-order valence-corrected chi connectivity index (χ0v) is 8.95. The predicted molar refractivity (Wildman–Crippen MR) is 54.8 cm³/mol. The zero-order valence-electron chi connectivity index (χ0n) is 8.95. The monoisotopic (exact) mass is 200 g/mol. The van der Waals surface area contributed by atoms with Crippen LogP contribution in [-0.4, -0.2) is 30.7 Å². The van der Waals surface area contributed by atoms with Gasteiger partial charge in [-0.15, -0.1) is 0 Å². The summed E-state index contributed by atoms with van der Waals surface area (Å²) in [6.07, 6.45) is 3.83. The third-order valence-electron chi connectivity index (χ3n) is 2.43. The van der Waals surface area contributed by atoms with Crippen LogP contribution in [0.1, 0.15) is 33.1 Å². The topological polar surface area (TPSA) is 64.3 Å². The molecule has 0 heterocycles. The van der Waals surface area contributed by atoms with Crippen LogP contribution >= 0.6 is 0 Å². The van der Waals surface area contributed by atoms with Crippen LogP contribution < -0.4 is 11.1 Å². The second-order valence-electron chi connectivity index (χ2n) is 4.16. The number of amides is 1. The minimum Gasteiger partial charge on any atom is -0.376 e. The average Bonchev–Trinajstić information content (AvgIpc) is 1.98. The number of nitrogens with two attached hydrogens (primary N) is 1. The molecule has 0 saturated heterocycles. The van der Waals surface area contributed by atoms with E-state index in [1.807, 2.05) is 13.8 Å². The van der Waals surface area contributed by atoms with Gasteiger partial charge >= 0.3 is 0 Å². The van der Waals surface area contributed by atoms with Crippen molar-refractivity contribution in [2.45, 2.75) is 51.3 Å². The number of hydrogen-bond acceptors (Lipinski definition) is 3. The molecule has 0 aromatic carbocycles. The fraction of sp³-hybridized carbons (Fsp3) is 0.900. The quantitative estimate of drug-likeness (QED) is 0.652. The summed E-state index contributed by atoms with van der Waals surface area (Å²) in [6, 6.07) is -0.104. The van der Waals surface area contributed by atoms with Gasteiger partial charge in [-0.25, -0.2) is 0 Å². The summed E-state index contributed by atoms with van der Waals surface area (Å²) >= 11 is 0. The maximum atomic E-state index is 11.0. The van der Waals surface area contributed by atoms with Crippen molar-refractivity contribution in [2.75, 3.05) is 6.61 Å². The second-order valence-corrected chi connectivity index (χ2v) is 4.16. The molecule has 3 N–H and O–H groups in total. The number of nitrogens with one attached hydrogen (secondary N) is 1. The van der Waals surface area contributed by atoms with Crippen LogP contribution in [0.5, 0.6) is 0 Å². The van der Waals surface area contributed by atoms with Crippen molar-refractivity contribution in [2.24, 2.45) is 5.73 Å². The molecular weight excluding hydrogens is 180 g/mol. The first-order chi connectivity index (χ1) is 6.59. The Balaban J connectivity index is 2.23. The van der Waals surface area contributed by atoms with E-state index in [1.165, 1.54) is 6.42 Å². The van der Waals surface area contributed by atoms with E-state index >= 15 is 0 Å². The van der Waals surface area contributed by atoms with Crippen LogP contribution in [0.3, 0.4) is 0 Å². The minimum absolute atomic E-state index is 0.248. The number of hydrogen-bond donors (Lipinski definition) is 2. The maximum absolute atomic E-state index is 11.0. The molecule has 14 heavy (non-hydrogen) atoms. The highest BCUT2D eigenvalue weighted by Gasteiger charge is 2.22. The Morgan fingerprint density at radius 1 is 1.57 bits per heavy atom. The van der Waals surface area contributed by atoms with Gasteiger partial charge in [-0.2, -0.15) is 0 Å². The Morgan fingerprint density at radius 2 is 2.21 bits per heavy atom. The molecule has 0 aromatic rings. The molecule has 1 fully saturated rings. The summed E-state index contributed by atoms with van der Waals surface area (Å²) in [5.41, 5.74) is 5.25. The first-order valence-electron chi connectivity index (χ1n) is 5.26. The lowest BCUT2D eigenvalue weighted by Gasteiger charge is -2.28. The molecular formula is C10H20N2O2. The van der Waals surface area contributed by atoms with E-state index in [9.17, 15) is 4.79 Å². The van der Waals surface area contributed by atoms with E-state index in [4.69, 9.17) is 10.5 Å². The second kappa shape index (κ2) is 5.32. The Hall–Kier alpha value is -0.610. The number of primary amides is 1. The summed E-state index contributed by atoms with van der Waals surface area (Å²) in [4.78, 5) is 11.0. The summed E-state index contributed by atoms with van der Waals surface area (Å²) in [5.74, 6) is -0.335. The molecule has 1 unspecified atom stereocenters. The molecule has 1 aliphatic rings. The third-order valence-corrected chi connectivity index (χ3v) is 2.43. The molecule has 82 valence electrons. The summed E-state index contributed by atoms with van der Waals surface area (Å²) < 4.78 is 5.54. The Kier molecular flexibility index (Phi) is 4.35. The number of carbonyl (C=O) groups is 1. The SMILES string of the molecule is CC(C)NC(COC1CCC1)C(N)=O. The molecule has 1 aliphatic carbocycles. The van der Waals surface area contributed by atoms with Crippen molar-refractivity contribution in [1.29, 1.82) is 0 Å². The first-order valence-corrected chi connectivity index (χ1v) is 5.26. The molecule has 4 nitrogen and oxygen atoms in total. The zero-order chi connectivity index (χ0) is 10.6. The van der Waals surface area contributed by atoms with Crippen LogP contribution in [0.2, 0.25) is 0 Å². The highest BCUT2D eigenvalue weighted by Crippen LogP contribution is 2.21. The van der Waals surface area contributed by atoms with Gasteiger partial charge in [0.05, 0.1) is 12.7 Å². The van der Waals surface area contributed by atoms with Crippen molar-refractivity contribution < 1.29 is 9.53 Å². The predicted octanol–water partition coefficient (Wildman–Crippen LogP) is 0.407. The molecule has 1 rings (SSSR count). The van der Waals surface area contributed by atoms with Gasteiger partial charge in [-0.05, 0) is 19.3 Å². The number of ether oxygens (including phenoxy) is 1. The third kappa shape index (κ3) is 3.64. The summed E-state index contributed by atoms with van der Waals surface area (Å²) in [6.45, 7) is 4.37. The molecule has 1 saturated carbocycles. The molecule has 0 bridgehead atoms. The van der Waals surface area contributed by atoms with Gasteiger partial charge in [0, 0.05) is 6.04 Å². The maximum Gasteiger partial charge on any atom is 0.236 e. The van der Waals surface area contributed by atoms with Gasteiger partial charge in [-0.1, -0.05) is 13.8 Å². The van der Waals surface area contributed by atoms with Gasteiger partial charge in [0.25, 0.3) is 0 Å². The van der Waals surface area contributed by atoms with Crippen LogP contribution in [0.25, 0.3) is 0 Å². The highest BCUT2D eigenvalue weighted by atomic mass is 16.5. The molecule has 0 radical (unpaired) electrons. The molecule has 0 aliphatic heterocycles.